The lowest BCUT2D eigenvalue weighted by atomic mass is 9.97. The van der Waals surface area contributed by atoms with Gasteiger partial charge in [0.1, 0.15) is 0 Å². The standard InChI is InChI=1S/C14H17N3O4/c1-8-3-4-20-12(8)14(19)17-5-10(7-18)11(6-17)13-15-9(2)16-21-13/h3-4,10-11,18H,5-7H2,1-2H3/t10-,11+/m0/s1. The third-order valence-corrected chi connectivity index (χ3v) is 3.88. The van der Waals surface area contributed by atoms with E-state index in [0.717, 1.165) is 5.56 Å². The molecule has 2 aromatic heterocycles. The molecule has 0 aliphatic carbocycles. The Morgan fingerprint density at radius 3 is 2.86 bits per heavy atom. The first-order chi connectivity index (χ1) is 10.1. The molecule has 21 heavy (non-hydrogen) atoms. The molecule has 3 rings (SSSR count). The van der Waals surface area contributed by atoms with E-state index in [1.54, 1.807) is 17.9 Å². The maximum absolute atomic E-state index is 12.5. The molecule has 1 N–H and O–H groups in total. The Balaban J connectivity index is 1.81. The van der Waals surface area contributed by atoms with Gasteiger partial charge in [0.2, 0.25) is 5.89 Å². The first-order valence-electron chi connectivity index (χ1n) is 6.84. The van der Waals surface area contributed by atoms with E-state index in [2.05, 4.69) is 10.1 Å². The molecule has 1 fully saturated rings. The molecule has 0 bridgehead atoms. The molecule has 7 heteroatoms. The summed E-state index contributed by atoms with van der Waals surface area (Å²) in [6.45, 7) is 4.42. The van der Waals surface area contributed by atoms with Gasteiger partial charge in [0, 0.05) is 31.2 Å². The van der Waals surface area contributed by atoms with E-state index in [9.17, 15) is 9.90 Å². The van der Waals surface area contributed by atoms with Crippen molar-refractivity contribution in [2.75, 3.05) is 19.7 Å². The zero-order chi connectivity index (χ0) is 15.0. The molecule has 112 valence electrons. The fourth-order valence-corrected chi connectivity index (χ4v) is 2.70. The van der Waals surface area contributed by atoms with Gasteiger partial charge >= 0.3 is 0 Å². The molecule has 7 nitrogen and oxygen atoms in total. The second-order valence-corrected chi connectivity index (χ2v) is 5.37. The van der Waals surface area contributed by atoms with E-state index >= 15 is 0 Å². The van der Waals surface area contributed by atoms with Crippen LogP contribution in [0.1, 0.15) is 33.8 Å². The molecule has 0 aromatic carbocycles. The minimum absolute atomic E-state index is 0.0347. The largest absolute Gasteiger partial charge is 0.459 e. The first-order valence-corrected chi connectivity index (χ1v) is 6.84. The number of rotatable bonds is 3. The van der Waals surface area contributed by atoms with Crippen molar-refractivity contribution in [1.29, 1.82) is 0 Å². The van der Waals surface area contributed by atoms with Crippen molar-refractivity contribution in [1.82, 2.24) is 15.0 Å². The lowest BCUT2D eigenvalue weighted by Crippen LogP contribution is -2.29. The van der Waals surface area contributed by atoms with Crippen molar-refractivity contribution in [3.05, 3.63) is 35.4 Å². The number of aryl methyl sites for hydroxylation is 2. The fourth-order valence-electron chi connectivity index (χ4n) is 2.70. The Morgan fingerprint density at radius 2 is 2.29 bits per heavy atom. The molecule has 0 radical (unpaired) electrons. The molecule has 0 saturated carbocycles. The minimum Gasteiger partial charge on any atom is -0.459 e. The van der Waals surface area contributed by atoms with Crippen molar-refractivity contribution in [3.63, 3.8) is 0 Å². The Bertz CT molecular complexity index is 648. The van der Waals surface area contributed by atoms with Crippen molar-refractivity contribution >= 4 is 5.91 Å². The van der Waals surface area contributed by atoms with Crippen molar-refractivity contribution < 1.29 is 18.8 Å². The SMILES string of the molecule is Cc1noc([C@@H]2CN(C(=O)c3occc3C)C[C@H]2CO)n1. The summed E-state index contributed by atoms with van der Waals surface area (Å²) in [6, 6.07) is 1.76. The summed E-state index contributed by atoms with van der Waals surface area (Å²) in [7, 11) is 0. The van der Waals surface area contributed by atoms with E-state index in [4.69, 9.17) is 8.94 Å². The average Bonchev–Trinajstić information content (AvgIpc) is 3.16. The zero-order valence-corrected chi connectivity index (χ0v) is 11.9. The monoisotopic (exact) mass is 291 g/mol. The summed E-state index contributed by atoms with van der Waals surface area (Å²) in [6.07, 6.45) is 1.50. The van der Waals surface area contributed by atoms with Gasteiger partial charge in [0.05, 0.1) is 12.2 Å². The molecule has 1 amide bonds. The van der Waals surface area contributed by atoms with Gasteiger partial charge in [0.15, 0.2) is 11.6 Å². The molecule has 2 atom stereocenters. The highest BCUT2D eigenvalue weighted by Crippen LogP contribution is 2.32. The number of furan rings is 1. The van der Waals surface area contributed by atoms with Gasteiger partial charge in [-0.1, -0.05) is 5.16 Å². The maximum atomic E-state index is 12.5. The molecule has 1 aliphatic rings. The topological polar surface area (TPSA) is 92.6 Å². The highest BCUT2D eigenvalue weighted by molar-refractivity contribution is 5.93. The van der Waals surface area contributed by atoms with E-state index in [1.165, 1.54) is 6.26 Å². The number of hydrogen-bond donors (Lipinski definition) is 1. The molecule has 2 aromatic rings. The smallest absolute Gasteiger partial charge is 0.289 e. The number of carbonyl (C=O) groups excluding carboxylic acids is 1. The fraction of sp³-hybridized carbons (Fsp3) is 0.500. The maximum Gasteiger partial charge on any atom is 0.289 e. The third-order valence-electron chi connectivity index (χ3n) is 3.88. The predicted octanol–water partition coefficient (Wildman–Crippen LogP) is 1.13. The van der Waals surface area contributed by atoms with Gasteiger partial charge in [-0.15, -0.1) is 0 Å². The Morgan fingerprint density at radius 1 is 1.48 bits per heavy atom. The Hall–Kier alpha value is -2.15. The molecular weight excluding hydrogens is 274 g/mol. The van der Waals surface area contributed by atoms with Gasteiger partial charge in [-0.3, -0.25) is 4.79 Å². The van der Waals surface area contributed by atoms with Crippen LogP contribution in [-0.4, -0.2) is 45.8 Å². The van der Waals surface area contributed by atoms with Crippen LogP contribution in [0, 0.1) is 19.8 Å². The number of amides is 1. The van der Waals surface area contributed by atoms with Crippen LogP contribution in [0.5, 0.6) is 0 Å². The third kappa shape index (κ3) is 2.44. The summed E-state index contributed by atoms with van der Waals surface area (Å²) in [5.41, 5.74) is 0.803. The van der Waals surface area contributed by atoms with Crippen LogP contribution >= 0.6 is 0 Å². The highest BCUT2D eigenvalue weighted by Gasteiger charge is 2.40. The molecule has 0 spiro atoms. The number of hydrogen-bond acceptors (Lipinski definition) is 6. The lowest BCUT2D eigenvalue weighted by molar-refractivity contribution is 0.0748. The van der Waals surface area contributed by atoms with E-state index < -0.39 is 0 Å². The van der Waals surface area contributed by atoms with E-state index in [-0.39, 0.29) is 24.3 Å². The summed E-state index contributed by atoms with van der Waals surface area (Å²) >= 11 is 0. The number of aliphatic hydroxyl groups is 1. The molecule has 0 unspecified atom stereocenters. The van der Waals surface area contributed by atoms with E-state index in [0.29, 0.717) is 30.6 Å². The summed E-state index contributed by atoms with van der Waals surface area (Å²) in [5.74, 6) is 0.939. The molecule has 3 heterocycles. The first kappa shape index (κ1) is 13.8. The van der Waals surface area contributed by atoms with Crippen LogP contribution < -0.4 is 0 Å². The molecule has 1 aliphatic heterocycles. The van der Waals surface area contributed by atoms with Crippen LogP contribution in [0.25, 0.3) is 0 Å². The van der Waals surface area contributed by atoms with Crippen molar-refractivity contribution in [2.45, 2.75) is 19.8 Å². The molecule has 1 saturated heterocycles. The number of aliphatic hydroxyl groups excluding tert-OH is 1. The van der Waals surface area contributed by atoms with Crippen LogP contribution in [0.3, 0.4) is 0 Å². The van der Waals surface area contributed by atoms with Gasteiger partial charge in [0.25, 0.3) is 5.91 Å². The number of aromatic nitrogens is 2. The van der Waals surface area contributed by atoms with Crippen LogP contribution in [-0.2, 0) is 0 Å². The van der Waals surface area contributed by atoms with Crippen molar-refractivity contribution in [2.24, 2.45) is 5.92 Å². The van der Waals surface area contributed by atoms with Crippen LogP contribution in [0.2, 0.25) is 0 Å². The summed E-state index contributed by atoms with van der Waals surface area (Å²) < 4.78 is 10.4. The highest BCUT2D eigenvalue weighted by atomic mass is 16.5. The van der Waals surface area contributed by atoms with Gasteiger partial charge in [-0.05, 0) is 19.9 Å². The van der Waals surface area contributed by atoms with E-state index in [1.807, 2.05) is 6.92 Å². The van der Waals surface area contributed by atoms with Gasteiger partial charge < -0.3 is 18.9 Å². The Labute approximate surface area is 121 Å². The normalized spacial score (nSPS) is 22.0. The number of nitrogens with zero attached hydrogens (tertiary/aromatic N) is 3. The number of likely N-dealkylation sites (tertiary alicyclic amines) is 1. The number of carbonyl (C=O) groups is 1. The minimum atomic E-state index is -0.172. The van der Waals surface area contributed by atoms with Crippen molar-refractivity contribution in [3.8, 4) is 0 Å². The Kier molecular flexibility index (Phi) is 3.50. The predicted molar refractivity (Wildman–Crippen MR) is 71.7 cm³/mol. The zero-order valence-electron chi connectivity index (χ0n) is 11.9. The second kappa shape index (κ2) is 5.33. The quantitative estimate of drug-likeness (QED) is 0.911. The van der Waals surface area contributed by atoms with Crippen LogP contribution in [0.15, 0.2) is 21.3 Å². The summed E-state index contributed by atoms with van der Waals surface area (Å²) in [4.78, 5) is 18.3. The summed E-state index contributed by atoms with van der Waals surface area (Å²) in [5, 5.41) is 13.3. The second-order valence-electron chi connectivity index (χ2n) is 5.37. The van der Waals surface area contributed by atoms with Gasteiger partial charge in [-0.2, -0.15) is 4.98 Å². The molecular formula is C14H17N3O4. The average molecular weight is 291 g/mol. The van der Waals surface area contributed by atoms with Gasteiger partial charge in [-0.25, -0.2) is 0 Å². The van der Waals surface area contributed by atoms with Crippen LogP contribution in [0.4, 0.5) is 0 Å². The lowest BCUT2D eigenvalue weighted by Gasteiger charge is -2.14.